The molecule has 0 radical (unpaired) electrons. The van der Waals surface area contributed by atoms with Gasteiger partial charge in [-0.05, 0) is 110 Å². The highest BCUT2D eigenvalue weighted by atomic mass is 15.2. The Hall–Kier alpha value is -5.74. The van der Waals surface area contributed by atoms with E-state index >= 15 is 0 Å². The molecule has 0 bridgehead atoms. The van der Waals surface area contributed by atoms with Crippen LogP contribution in [0.2, 0.25) is 0 Å². The van der Waals surface area contributed by atoms with Crippen LogP contribution in [0.1, 0.15) is 106 Å². The number of hydrogen-bond donors (Lipinski definition) is 1. The molecule has 4 heteroatoms. The van der Waals surface area contributed by atoms with Gasteiger partial charge in [0.1, 0.15) is 0 Å². The van der Waals surface area contributed by atoms with Gasteiger partial charge in [0.15, 0.2) is 0 Å². The molecule has 0 atom stereocenters. The van der Waals surface area contributed by atoms with Crippen molar-refractivity contribution in [2.75, 3.05) is 4.90 Å². The van der Waals surface area contributed by atoms with E-state index in [2.05, 4.69) is 199 Å². The van der Waals surface area contributed by atoms with Crippen LogP contribution in [-0.4, -0.2) is 15.2 Å². The average molecular weight is 719 g/mol. The summed E-state index contributed by atoms with van der Waals surface area (Å²) in [6.45, 7) is 20.6. The van der Waals surface area contributed by atoms with E-state index in [4.69, 9.17) is 4.98 Å². The molecule has 7 aromatic rings. The Balaban J connectivity index is 1.33. The fraction of sp³-hybridized carbons (Fsp3) is 0.255. The monoisotopic (exact) mass is 718 g/mol. The van der Waals surface area contributed by atoms with Crippen molar-refractivity contribution in [2.24, 2.45) is 0 Å². The molecule has 0 amide bonds. The van der Waals surface area contributed by atoms with E-state index < -0.39 is 5.41 Å². The predicted octanol–water partition coefficient (Wildman–Crippen LogP) is 12.8. The highest BCUT2D eigenvalue weighted by Gasteiger charge is 2.48. The largest absolute Gasteiger partial charge is 0.310 e. The molecule has 55 heavy (non-hydrogen) atoms. The van der Waals surface area contributed by atoms with Crippen molar-refractivity contribution in [1.29, 1.82) is 0 Å². The standard InChI is InChI=1S/C51H50N4/c1-32-27-44(54-53-32)33-20-23-43-46(28-33)55(45-18-11-10-17-42(45)50(43,8)9)37-16-14-15-36(29-37)51(47-19-12-13-26-52-47)40-24-21-34(48(2,3)4)30-38(40)39-31-35(49(5,6)7)22-25-41(39)51/h10-31H,1-9H3,(H,53,54). The van der Waals surface area contributed by atoms with E-state index in [0.717, 1.165) is 28.3 Å². The lowest BCUT2D eigenvalue weighted by Gasteiger charge is -2.42. The van der Waals surface area contributed by atoms with Crippen molar-refractivity contribution in [2.45, 2.75) is 84.0 Å². The van der Waals surface area contributed by atoms with Crippen molar-refractivity contribution in [1.82, 2.24) is 15.2 Å². The van der Waals surface area contributed by atoms with Gasteiger partial charge in [-0.15, -0.1) is 0 Å². The number of H-pyrrole nitrogens is 1. The topological polar surface area (TPSA) is 44.8 Å². The third-order valence-electron chi connectivity index (χ3n) is 12.2. The molecule has 9 rings (SSSR count). The number of nitrogens with zero attached hydrogens (tertiary/aromatic N) is 3. The number of pyridine rings is 1. The van der Waals surface area contributed by atoms with E-state index in [9.17, 15) is 0 Å². The Labute approximate surface area is 326 Å². The van der Waals surface area contributed by atoms with E-state index in [0.29, 0.717) is 0 Å². The van der Waals surface area contributed by atoms with Gasteiger partial charge >= 0.3 is 0 Å². The average Bonchev–Trinajstić information content (AvgIpc) is 3.73. The van der Waals surface area contributed by atoms with Gasteiger partial charge in [0.25, 0.3) is 0 Å². The van der Waals surface area contributed by atoms with Gasteiger partial charge in [0.05, 0.1) is 28.2 Å². The van der Waals surface area contributed by atoms with Gasteiger partial charge < -0.3 is 4.90 Å². The number of hydrogen-bond acceptors (Lipinski definition) is 3. The van der Waals surface area contributed by atoms with Crippen LogP contribution in [0.15, 0.2) is 134 Å². The van der Waals surface area contributed by atoms with Crippen LogP contribution in [-0.2, 0) is 21.7 Å². The number of nitrogens with one attached hydrogen (secondary N) is 1. The predicted molar refractivity (Wildman–Crippen MR) is 228 cm³/mol. The van der Waals surface area contributed by atoms with Gasteiger partial charge in [-0.25, -0.2) is 0 Å². The number of aromatic nitrogens is 3. The van der Waals surface area contributed by atoms with Crippen LogP contribution in [0.5, 0.6) is 0 Å². The fourth-order valence-electron chi connectivity index (χ4n) is 9.18. The van der Waals surface area contributed by atoms with Crippen molar-refractivity contribution in [3.63, 3.8) is 0 Å². The summed E-state index contributed by atoms with van der Waals surface area (Å²) >= 11 is 0. The molecule has 5 aromatic carbocycles. The zero-order valence-corrected chi connectivity index (χ0v) is 33.5. The van der Waals surface area contributed by atoms with Crippen molar-refractivity contribution in [3.8, 4) is 22.4 Å². The molecule has 0 unspecified atom stereocenters. The first-order valence-electron chi connectivity index (χ1n) is 19.6. The maximum absolute atomic E-state index is 5.21. The summed E-state index contributed by atoms with van der Waals surface area (Å²) in [5.41, 5.74) is 18.3. The summed E-state index contributed by atoms with van der Waals surface area (Å²) in [6.07, 6.45) is 1.95. The zero-order valence-electron chi connectivity index (χ0n) is 33.5. The second kappa shape index (κ2) is 12.1. The highest BCUT2D eigenvalue weighted by Crippen LogP contribution is 2.58. The first kappa shape index (κ1) is 35.0. The number of aryl methyl sites for hydroxylation is 1. The molecule has 3 heterocycles. The number of aromatic amines is 1. The van der Waals surface area contributed by atoms with Crippen LogP contribution >= 0.6 is 0 Å². The Morgan fingerprint density at radius 3 is 1.84 bits per heavy atom. The van der Waals surface area contributed by atoms with Crippen LogP contribution in [0.3, 0.4) is 0 Å². The van der Waals surface area contributed by atoms with E-state index in [1.54, 1.807) is 0 Å². The third-order valence-corrected chi connectivity index (χ3v) is 12.2. The lowest BCUT2D eigenvalue weighted by molar-refractivity contribution is 0.589. The Morgan fingerprint density at radius 2 is 1.22 bits per heavy atom. The van der Waals surface area contributed by atoms with Crippen LogP contribution < -0.4 is 4.90 Å². The zero-order chi connectivity index (χ0) is 38.5. The molecular weight excluding hydrogens is 669 g/mol. The molecule has 4 nitrogen and oxygen atoms in total. The second-order valence-corrected chi connectivity index (χ2v) is 18.2. The first-order valence-corrected chi connectivity index (χ1v) is 19.6. The lowest BCUT2D eigenvalue weighted by Crippen LogP contribution is -2.32. The smallest absolute Gasteiger partial charge is 0.0924 e. The van der Waals surface area contributed by atoms with Gasteiger partial charge in [-0.1, -0.05) is 140 Å². The highest BCUT2D eigenvalue weighted by molar-refractivity contribution is 5.90. The molecule has 0 saturated heterocycles. The second-order valence-electron chi connectivity index (χ2n) is 18.2. The summed E-state index contributed by atoms with van der Waals surface area (Å²) in [6, 6.07) is 47.9. The SMILES string of the molecule is Cc1cc(-c2ccc3c(c2)N(c2cccc(C4(c5ccccn5)c5ccc(C(C)(C)C)cc5-c5cc(C(C)(C)C)ccc54)c2)c2ccccc2C3(C)C)n[nH]1. The van der Waals surface area contributed by atoms with Crippen molar-refractivity contribution < 1.29 is 0 Å². The molecule has 2 aromatic heterocycles. The molecular formula is C51H50N4. The quantitative estimate of drug-likeness (QED) is 0.197. The Bertz CT molecular complexity index is 2550. The summed E-state index contributed by atoms with van der Waals surface area (Å²) < 4.78 is 0. The van der Waals surface area contributed by atoms with Gasteiger partial charge in [-0.2, -0.15) is 5.10 Å². The number of benzene rings is 5. The van der Waals surface area contributed by atoms with E-state index in [-0.39, 0.29) is 16.2 Å². The normalized spacial score (nSPS) is 15.3. The molecule has 0 fully saturated rings. The fourth-order valence-corrected chi connectivity index (χ4v) is 9.18. The summed E-state index contributed by atoms with van der Waals surface area (Å²) in [7, 11) is 0. The summed E-state index contributed by atoms with van der Waals surface area (Å²) in [4.78, 5) is 7.68. The number of anilines is 3. The molecule has 0 spiro atoms. The molecule has 1 aliphatic heterocycles. The summed E-state index contributed by atoms with van der Waals surface area (Å²) in [5, 5.41) is 7.81. The van der Waals surface area contributed by atoms with Gasteiger partial charge in [0.2, 0.25) is 0 Å². The van der Waals surface area contributed by atoms with Gasteiger partial charge in [0, 0.05) is 28.6 Å². The number of para-hydroxylation sites is 1. The van der Waals surface area contributed by atoms with Crippen LogP contribution in [0.4, 0.5) is 17.1 Å². The number of fused-ring (bicyclic) bond motifs is 5. The summed E-state index contributed by atoms with van der Waals surface area (Å²) in [5.74, 6) is 0. The van der Waals surface area contributed by atoms with Gasteiger partial charge in [-0.3, -0.25) is 10.1 Å². The maximum Gasteiger partial charge on any atom is 0.0924 e. The Morgan fingerprint density at radius 1 is 0.582 bits per heavy atom. The third kappa shape index (κ3) is 5.33. The van der Waals surface area contributed by atoms with Crippen LogP contribution in [0, 0.1) is 6.92 Å². The van der Waals surface area contributed by atoms with Crippen LogP contribution in [0.25, 0.3) is 22.4 Å². The minimum atomic E-state index is -0.638. The molecule has 1 aliphatic carbocycles. The molecule has 274 valence electrons. The lowest BCUT2D eigenvalue weighted by atomic mass is 9.69. The number of rotatable bonds is 4. The molecule has 2 aliphatic rings. The van der Waals surface area contributed by atoms with E-state index in [1.807, 2.05) is 12.3 Å². The minimum Gasteiger partial charge on any atom is -0.310 e. The molecule has 0 saturated carbocycles. The molecule has 1 N–H and O–H groups in total. The van der Waals surface area contributed by atoms with E-state index in [1.165, 1.54) is 61.4 Å². The first-order chi connectivity index (χ1) is 26.2. The maximum atomic E-state index is 5.21. The Kier molecular flexibility index (Phi) is 7.72. The van der Waals surface area contributed by atoms with Crippen molar-refractivity contribution >= 4 is 17.1 Å². The van der Waals surface area contributed by atoms with Crippen molar-refractivity contribution in [3.05, 3.63) is 184 Å². The minimum absolute atomic E-state index is 0.00326.